The summed E-state index contributed by atoms with van der Waals surface area (Å²) in [4.78, 5) is 2.16. The van der Waals surface area contributed by atoms with Gasteiger partial charge in [-0.25, -0.2) is 13.1 Å². The van der Waals surface area contributed by atoms with E-state index in [4.69, 9.17) is 5.73 Å². The first-order chi connectivity index (χ1) is 9.50. The zero-order chi connectivity index (χ0) is 14.6. The Morgan fingerprint density at radius 2 is 2.05 bits per heavy atom. The number of rotatable bonds is 5. The Morgan fingerprint density at radius 3 is 2.70 bits per heavy atom. The summed E-state index contributed by atoms with van der Waals surface area (Å²) in [6.45, 7) is 2.17. The normalized spacial score (nSPS) is 21.0. The van der Waals surface area contributed by atoms with Gasteiger partial charge in [0.25, 0.3) is 0 Å². The number of nitrogens with one attached hydrogen (secondary N) is 1. The van der Waals surface area contributed by atoms with Crippen LogP contribution in [0.15, 0.2) is 24.3 Å². The molecule has 1 fully saturated rings. The highest BCUT2D eigenvalue weighted by atomic mass is 32.2. The van der Waals surface area contributed by atoms with Crippen LogP contribution in [0.5, 0.6) is 0 Å². The molecule has 6 heteroatoms. The molecule has 0 saturated carbocycles. The summed E-state index contributed by atoms with van der Waals surface area (Å²) in [5, 5.41) is 0. The van der Waals surface area contributed by atoms with Crippen LogP contribution < -0.4 is 10.5 Å². The lowest BCUT2D eigenvalue weighted by molar-refractivity contribution is 0.242. The number of hydrogen-bond donors (Lipinski definition) is 2. The van der Waals surface area contributed by atoms with E-state index < -0.39 is 10.0 Å². The average Bonchev–Trinajstić information content (AvgIpc) is 2.38. The van der Waals surface area contributed by atoms with Crippen molar-refractivity contribution in [3.8, 4) is 0 Å². The lowest BCUT2D eigenvalue weighted by Gasteiger charge is -2.30. The standard InChI is InChI=1S/C14H23N3O2S/c1-17-8-4-7-14(10-17)16-20(18,19)11-13-6-3-2-5-12(13)9-15/h2-3,5-6,14,16H,4,7-11,15H2,1H3. The molecule has 5 nitrogen and oxygen atoms in total. The van der Waals surface area contributed by atoms with Gasteiger partial charge in [-0.15, -0.1) is 0 Å². The van der Waals surface area contributed by atoms with Crippen LogP contribution in [-0.2, 0) is 22.3 Å². The Bertz CT molecular complexity index is 545. The van der Waals surface area contributed by atoms with Gasteiger partial charge in [0.2, 0.25) is 10.0 Å². The number of sulfonamides is 1. The summed E-state index contributed by atoms with van der Waals surface area (Å²) >= 11 is 0. The Kier molecular flexibility index (Phi) is 5.15. The van der Waals surface area contributed by atoms with E-state index in [0.29, 0.717) is 6.54 Å². The summed E-state index contributed by atoms with van der Waals surface area (Å²) in [5.74, 6) is 0.000583. The van der Waals surface area contributed by atoms with Crippen molar-refractivity contribution >= 4 is 10.0 Å². The first-order valence-corrected chi connectivity index (χ1v) is 8.61. The van der Waals surface area contributed by atoms with Gasteiger partial charge in [-0.1, -0.05) is 24.3 Å². The van der Waals surface area contributed by atoms with Crippen LogP contribution >= 0.6 is 0 Å². The molecule has 1 aliphatic rings. The second-order valence-electron chi connectivity index (χ2n) is 5.45. The summed E-state index contributed by atoms with van der Waals surface area (Å²) in [6, 6.07) is 7.44. The molecular formula is C14H23N3O2S. The SMILES string of the molecule is CN1CCCC(NS(=O)(=O)Cc2ccccc2CN)C1. The van der Waals surface area contributed by atoms with Crippen molar-refractivity contribution < 1.29 is 8.42 Å². The van der Waals surface area contributed by atoms with Crippen molar-refractivity contribution in [2.75, 3.05) is 20.1 Å². The third-order valence-corrected chi connectivity index (χ3v) is 5.04. The Morgan fingerprint density at radius 1 is 1.35 bits per heavy atom. The maximum Gasteiger partial charge on any atom is 0.216 e. The number of nitrogens with zero attached hydrogens (tertiary/aromatic N) is 1. The minimum atomic E-state index is -3.32. The van der Waals surface area contributed by atoms with Crippen molar-refractivity contribution in [3.05, 3.63) is 35.4 Å². The molecule has 1 atom stereocenters. The minimum Gasteiger partial charge on any atom is -0.326 e. The third kappa shape index (κ3) is 4.28. The van der Waals surface area contributed by atoms with Crippen molar-refractivity contribution in [1.29, 1.82) is 0 Å². The van der Waals surface area contributed by atoms with Crippen LogP contribution in [0.4, 0.5) is 0 Å². The molecule has 1 aromatic carbocycles. The number of piperidine rings is 1. The van der Waals surface area contributed by atoms with E-state index in [1.807, 2.05) is 31.3 Å². The van der Waals surface area contributed by atoms with E-state index in [1.54, 1.807) is 0 Å². The average molecular weight is 297 g/mol. The summed E-state index contributed by atoms with van der Waals surface area (Å²) in [5.41, 5.74) is 7.32. The number of likely N-dealkylation sites (N-methyl/N-ethyl adjacent to an activating group) is 1. The van der Waals surface area contributed by atoms with Crippen LogP contribution in [0.2, 0.25) is 0 Å². The number of hydrogen-bond acceptors (Lipinski definition) is 4. The predicted molar refractivity (Wildman–Crippen MR) is 80.6 cm³/mol. The molecule has 1 heterocycles. The molecule has 1 saturated heterocycles. The second kappa shape index (κ2) is 6.67. The molecule has 20 heavy (non-hydrogen) atoms. The second-order valence-corrected chi connectivity index (χ2v) is 7.21. The van der Waals surface area contributed by atoms with Gasteiger partial charge < -0.3 is 10.6 Å². The van der Waals surface area contributed by atoms with E-state index in [9.17, 15) is 8.42 Å². The molecule has 0 spiro atoms. The van der Waals surface area contributed by atoms with E-state index >= 15 is 0 Å². The molecule has 1 unspecified atom stereocenters. The number of benzene rings is 1. The van der Waals surface area contributed by atoms with E-state index in [2.05, 4.69) is 9.62 Å². The zero-order valence-corrected chi connectivity index (χ0v) is 12.7. The molecule has 1 aromatic rings. The van der Waals surface area contributed by atoms with Gasteiger partial charge in [-0.05, 0) is 37.6 Å². The molecule has 0 aliphatic carbocycles. The van der Waals surface area contributed by atoms with Gasteiger partial charge >= 0.3 is 0 Å². The fraction of sp³-hybridized carbons (Fsp3) is 0.571. The molecule has 3 N–H and O–H groups in total. The smallest absolute Gasteiger partial charge is 0.216 e. The molecule has 0 bridgehead atoms. The van der Waals surface area contributed by atoms with Gasteiger partial charge in [0.05, 0.1) is 5.75 Å². The monoisotopic (exact) mass is 297 g/mol. The van der Waals surface area contributed by atoms with Gasteiger partial charge in [0.15, 0.2) is 0 Å². The molecular weight excluding hydrogens is 274 g/mol. The summed E-state index contributed by atoms with van der Waals surface area (Å²) in [7, 11) is -1.30. The highest BCUT2D eigenvalue weighted by molar-refractivity contribution is 7.88. The largest absolute Gasteiger partial charge is 0.326 e. The van der Waals surface area contributed by atoms with Crippen LogP contribution in [0.3, 0.4) is 0 Å². The quantitative estimate of drug-likeness (QED) is 0.837. The Labute approximate surface area is 121 Å². The first kappa shape index (κ1) is 15.4. The van der Waals surface area contributed by atoms with Gasteiger partial charge in [-0.3, -0.25) is 0 Å². The summed E-state index contributed by atoms with van der Waals surface area (Å²) in [6.07, 6.45) is 1.94. The third-order valence-electron chi connectivity index (χ3n) is 3.65. The lowest BCUT2D eigenvalue weighted by atomic mass is 10.1. The zero-order valence-electron chi connectivity index (χ0n) is 11.9. The number of nitrogens with two attached hydrogens (primary N) is 1. The minimum absolute atomic E-state index is 0.000583. The van der Waals surface area contributed by atoms with Crippen LogP contribution in [0.25, 0.3) is 0 Å². The maximum atomic E-state index is 12.3. The molecule has 0 radical (unpaired) electrons. The highest BCUT2D eigenvalue weighted by Gasteiger charge is 2.23. The van der Waals surface area contributed by atoms with Crippen LogP contribution in [-0.4, -0.2) is 39.5 Å². The lowest BCUT2D eigenvalue weighted by Crippen LogP contribution is -2.46. The Hall–Kier alpha value is -0.950. The maximum absolute atomic E-state index is 12.3. The van der Waals surface area contributed by atoms with Gasteiger partial charge in [0, 0.05) is 19.1 Å². The summed E-state index contributed by atoms with van der Waals surface area (Å²) < 4.78 is 27.4. The van der Waals surface area contributed by atoms with Crippen molar-refractivity contribution in [2.45, 2.75) is 31.2 Å². The fourth-order valence-electron chi connectivity index (χ4n) is 2.66. The predicted octanol–water partition coefficient (Wildman–Crippen LogP) is 0.659. The van der Waals surface area contributed by atoms with Gasteiger partial charge in [-0.2, -0.15) is 0 Å². The first-order valence-electron chi connectivity index (χ1n) is 6.95. The number of likely N-dealkylation sites (tertiary alicyclic amines) is 1. The van der Waals surface area contributed by atoms with E-state index in [0.717, 1.165) is 37.1 Å². The van der Waals surface area contributed by atoms with Crippen molar-refractivity contribution in [2.24, 2.45) is 5.73 Å². The van der Waals surface area contributed by atoms with E-state index in [-0.39, 0.29) is 11.8 Å². The fourth-order valence-corrected chi connectivity index (χ4v) is 4.13. The Balaban J connectivity index is 2.03. The van der Waals surface area contributed by atoms with Crippen LogP contribution in [0, 0.1) is 0 Å². The molecule has 1 aliphatic heterocycles. The van der Waals surface area contributed by atoms with Gasteiger partial charge in [0.1, 0.15) is 0 Å². The van der Waals surface area contributed by atoms with Crippen molar-refractivity contribution in [3.63, 3.8) is 0 Å². The molecule has 0 amide bonds. The molecule has 2 rings (SSSR count). The molecule has 112 valence electrons. The van der Waals surface area contributed by atoms with Crippen molar-refractivity contribution in [1.82, 2.24) is 9.62 Å². The molecule has 0 aromatic heterocycles. The van der Waals surface area contributed by atoms with E-state index in [1.165, 1.54) is 0 Å². The van der Waals surface area contributed by atoms with Crippen LogP contribution in [0.1, 0.15) is 24.0 Å². The highest BCUT2D eigenvalue weighted by Crippen LogP contribution is 2.14. The topological polar surface area (TPSA) is 75.4 Å².